The largest absolute Gasteiger partial charge is 0.353 e. The number of amides is 1. The van der Waals surface area contributed by atoms with Crippen molar-refractivity contribution >= 4 is 38.8 Å². The maximum atomic E-state index is 12.7. The molecule has 1 aliphatic rings. The molecule has 1 aromatic heterocycles. The van der Waals surface area contributed by atoms with Gasteiger partial charge in [0.1, 0.15) is 0 Å². The van der Waals surface area contributed by atoms with E-state index >= 15 is 0 Å². The second-order valence-electron chi connectivity index (χ2n) is 5.39. The number of nitrogens with zero attached hydrogens (tertiary/aromatic N) is 1. The Morgan fingerprint density at radius 1 is 1.35 bits per heavy atom. The minimum absolute atomic E-state index is 0.0376. The summed E-state index contributed by atoms with van der Waals surface area (Å²) in [6.07, 6.45) is 2.06. The van der Waals surface area contributed by atoms with E-state index in [9.17, 15) is 13.2 Å². The monoisotopic (exact) mass is 368 g/mol. The highest BCUT2D eigenvalue weighted by atomic mass is 32.2. The van der Waals surface area contributed by atoms with Crippen molar-refractivity contribution in [2.45, 2.75) is 39.9 Å². The molecule has 23 heavy (non-hydrogen) atoms. The van der Waals surface area contributed by atoms with E-state index in [1.54, 1.807) is 24.3 Å². The molecule has 1 fully saturated rings. The van der Waals surface area contributed by atoms with Crippen LogP contribution in [0.3, 0.4) is 0 Å². The van der Waals surface area contributed by atoms with Crippen LogP contribution in [0.25, 0.3) is 0 Å². The zero-order chi connectivity index (χ0) is 16.4. The number of thioether (sulfide) groups is 1. The lowest BCUT2D eigenvalue weighted by Crippen LogP contribution is -2.27. The number of carbonyl (C=O) groups excluding carboxylic acids is 1. The average Bonchev–Trinajstić information content (AvgIpc) is 3.18. The Balaban J connectivity index is 1.76. The van der Waals surface area contributed by atoms with Gasteiger partial charge in [-0.15, -0.1) is 23.1 Å². The number of aryl methyl sites for hydroxylation is 1. The standard InChI is InChI=1S/C15H16N2O3S3/c1-10-2-6-12(7-3-10)23(19,20)14-15(22-9-16-14)21-8-13(18)17-11-4-5-11/h2-3,6-7,9,11H,4-5,8H2,1H3,(H,17,18). The van der Waals surface area contributed by atoms with Gasteiger partial charge in [0.2, 0.25) is 15.7 Å². The van der Waals surface area contributed by atoms with Crippen LogP contribution < -0.4 is 5.32 Å². The molecule has 0 unspecified atom stereocenters. The predicted octanol–water partition coefficient (Wildman–Crippen LogP) is 2.66. The lowest BCUT2D eigenvalue weighted by Gasteiger charge is -2.05. The molecule has 1 saturated carbocycles. The first kappa shape index (κ1) is 16.5. The van der Waals surface area contributed by atoms with Gasteiger partial charge in [-0.3, -0.25) is 4.79 Å². The molecule has 0 spiro atoms. The van der Waals surface area contributed by atoms with Gasteiger partial charge in [0, 0.05) is 6.04 Å². The summed E-state index contributed by atoms with van der Waals surface area (Å²) in [5, 5.41) is 2.92. The highest BCUT2D eigenvalue weighted by Gasteiger charge is 2.26. The molecule has 1 aliphatic carbocycles. The summed E-state index contributed by atoms with van der Waals surface area (Å²) in [6, 6.07) is 6.99. The van der Waals surface area contributed by atoms with Crippen LogP contribution in [0.15, 0.2) is 43.9 Å². The van der Waals surface area contributed by atoms with Gasteiger partial charge < -0.3 is 5.32 Å². The molecular weight excluding hydrogens is 352 g/mol. The van der Waals surface area contributed by atoms with E-state index in [4.69, 9.17) is 0 Å². The van der Waals surface area contributed by atoms with Gasteiger partial charge in [0.25, 0.3) is 0 Å². The maximum absolute atomic E-state index is 12.7. The van der Waals surface area contributed by atoms with Gasteiger partial charge in [-0.05, 0) is 31.9 Å². The molecule has 1 heterocycles. The second-order valence-corrected chi connectivity index (χ2v) is 9.36. The first-order chi connectivity index (χ1) is 11.0. The Morgan fingerprint density at radius 3 is 2.70 bits per heavy atom. The van der Waals surface area contributed by atoms with Gasteiger partial charge >= 0.3 is 0 Å². The van der Waals surface area contributed by atoms with Crippen molar-refractivity contribution in [3.8, 4) is 0 Å². The number of sulfone groups is 1. The number of thiazole rings is 1. The van der Waals surface area contributed by atoms with Crippen molar-refractivity contribution in [1.29, 1.82) is 0 Å². The predicted molar refractivity (Wildman–Crippen MR) is 90.6 cm³/mol. The lowest BCUT2D eigenvalue weighted by molar-refractivity contribution is -0.118. The molecule has 122 valence electrons. The minimum Gasteiger partial charge on any atom is -0.353 e. The molecule has 0 bridgehead atoms. The first-order valence-electron chi connectivity index (χ1n) is 7.14. The van der Waals surface area contributed by atoms with Crippen LogP contribution in [0.2, 0.25) is 0 Å². The lowest BCUT2D eigenvalue weighted by atomic mass is 10.2. The van der Waals surface area contributed by atoms with Crippen molar-refractivity contribution < 1.29 is 13.2 Å². The zero-order valence-electron chi connectivity index (χ0n) is 12.5. The van der Waals surface area contributed by atoms with Crippen molar-refractivity contribution in [2.75, 3.05) is 5.75 Å². The first-order valence-corrected chi connectivity index (χ1v) is 10.5. The number of hydrogen-bond acceptors (Lipinski definition) is 6. The van der Waals surface area contributed by atoms with Gasteiger partial charge in [-0.2, -0.15) is 0 Å². The smallest absolute Gasteiger partial charge is 0.230 e. The summed E-state index contributed by atoms with van der Waals surface area (Å²) in [6.45, 7) is 1.90. The molecule has 8 heteroatoms. The van der Waals surface area contributed by atoms with E-state index in [1.807, 2.05) is 6.92 Å². The highest BCUT2D eigenvalue weighted by molar-refractivity contribution is 8.02. The fourth-order valence-electron chi connectivity index (χ4n) is 1.96. The van der Waals surface area contributed by atoms with E-state index in [0.29, 0.717) is 10.3 Å². The van der Waals surface area contributed by atoms with Gasteiger partial charge in [0.15, 0.2) is 5.03 Å². The SMILES string of the molecule is Cc1ccc(S(=O)(=O)c2ncsc2SCC(=O)NC2CC2)cc1. The molecule has 3 rings (SSSR count). The van der Waals surface area contributed by atoms with E-state index in [0.717, 1.165) is 18.4 Å². The number of hydrogen-bond donors (Lipinski definition) is 1. The Hall–Kier alpha value is -1.38. The Kier molecular flexibility index (Phi) is 4.74. The molecule has 0 aliphatic heterocycles. The summed E-state index contributed by atoms with van der Waals surface area (Å²) >= 11 is 2.46. The third-order valence-corrected chi connectivity index (χ3v) is 7.46. The maximum Gasteiger partial charge on any atom is 0.230 e. The molecule has 1 N–H and O–H groups in total. The third kappa shape index (κ3) is 3.94. The normalized spacial score (nSPS) is 14.7. The summed E-state index contributed by atoms with van der Waals surface area (Å²) < 4.78 is 25.9. The Labute approximate surface area is 143 Å². The molecule has 0 radical (unpaired) electrons. The quantitative estimate of drug-likeness (QED) is 0.793. The second kappa shape index (κ2) is 6.62. The third-order valence-electron chi connectivity index (χ3n) is 3.37. The van der Waals surface area contributed by atoms with Crippen LogP contribution in [0, 0.1) is 6.92 Å². The fraction of sp³-hybridized carbons (Fsp3) is 0.333. The summed E-state index contributed by atoms with van der Waals surface area (Å²) in [5.41, 5.74) is 2.50. The van der Waals surface area contributed by atoms with Crippen molar-refractivity contribution in [3.05, 3.63) is 35.3 Å². The number of aromatic nitrogens is 1. The molecule has 2 aromatic rings. The number of benzene rings is 1. The molecule has 1 aromatic carbocycles. The molecule has 0 saturated heterocycles. The van der Waals surface area contributed by atoms with Crippen molar-refractivity contribution in [3.63, 3.8) is 0 Å². The number of carbonyl (C=O) groups is 1. The summed E-state index contributed by atoms with van der Waals surface area (Å²) in [5.74, 6) is 0.138. The van der Waals surface area contributed by atoms with Crippen LogP contribution in [0.4, 0.5) is 0 Å². The van der Waals surface area contributed by atoms with Crippen molar-refractivity contribution in [2.24, 2.45) is 0 Å². The van der Waals surface area contributed by atoms with Gasteiger partial charge in [-0.1, -0.05) is 17.7 Å². The molecule has 5 nitrogen and oxygen atoms in total. The fourth-order valence-corrected chi connectivity index (χ4v) is 5.64. The Morgan fingerprint density at radius 2 is 2.04 bits per heavy atom. The van der Waals surface area contributed by atoms with E-state index < -0.39 is 9.84 Å². The van der Waals surface area contributed by atoms with E-state index in [-0.39, 0.29) is 21.6 Å². The summed E-state index contributed by atoms with van der Waals surface area (Å²) in [4.78, 5) is 16.0. The van der Waals surface area contributed by atoms with E-state index in [1.165, 1.54) is 28.6 Å². The number of nitrogens with one attached hydrogen (secondary N) is 1. The van der Waals surface area contributed by atoms with Crippen LogP contribution in [-0.2, 0) is 14.6 Å². The average molecular weight is 369 g/mol. The molecule has 0 atom stereocenters. The number of rotatable bonds is 6. The van der Waals surface area contributed by atoms with Crippen LogP contribution in [0.1, 0.15) is 18.4 Å². The van der Waals surface area contributed by atoms with E-state index in [2.05, 4.69) is 10.3 Å². The van der Waals surface area contributed by atoms with Gasteiger partial charge in [-0.25, -0.2) is 13.4 Å². The topological polar surface area (TPSA) is 76.1 Å². The van der Waals surface area contributed by atoms with Crippen molar-refractivity contribution in [1.82, 2.24) is 10.3 Å². The summed E-state index contributed by atoms with van der Waals surface area (Å²) in [7, 11) is -3.65. The highest BCUT2D eigenvalue weighted by Crippen LogP contribution is 2.33. The van der Waals surface area contributed by atoms with Crippen LogP contribution in [-0.4, -0.2) is 31.1 Å². The molecular formula is C15H16N2O3S3. The van der Waals surface area contributed by atoms with Crippen LogP contribution in [0.5, 0.6) is 0 Å². The Bertz CT molecular complexity index is 809. The molecule has 1 amide bonds. The van der Waals surface area contributed by atoms with Crippen LogP contribution >= 0.6 is 23.1 Å². The minimum atomic E-state index is -3.65. The zero-order valence-corrected chi connectivity index (χ0v) is 14.9. The van der Waals surface area contributed by atoms with Gasteiger partial charge in [0.05, 0.1) is 20.4 Å².